The number of amides is 1. The molecule has 3 heteroatoms. The first-order valence-corrected chi connectivity index (χ1v) is 5.18. The van der Waals surface area contributed by atoms with E-state index in [1.807, 2.05) is 0 Å². The topological polar surface area (TPSA) is 38.3 Å². The fourth-order valence-electron chi connectivity index (χ4n) is 2.30. The van der Waals surface area contributed by atoms with E-state index in [1.165, 1.54) is 0 Å². The fourth-order valence-corrected chi connectivity index (χ4v) is 2.30. The van der Waals surface area contributed by atoms with Crippen molar-refractivity contribution in [2.75, 3.05) is 6.54 Å². The zero-order valence-electron chi connectivity index (χ0n) is 8.16. The van der Waals surface area contributed by atoms with Crippen LogP contribution in [0.3, 0.4) is 0 Å². The van der Waals surface area contributed by atoms with Gasteiger partial charge in [-0.3, -0.25) is 4.79 Å². The quantitative estimate of drug-likeness (QED) is 0.529. The van der Waals surface area contributed by atoms with Crippen LogP contribution in [0.5, 0.6) is 0 Å². The molecule has 2 heterocycles. The molecule has 2 aliphatic rings. The van der Waals surface area contributed by atoms with Gasteiger partial charge in [0.2, 0.25) is 5.91 Å². The van der Waals surface area contributed by atoms with E-state index < -0.39 is 0 Å². The summed E-state index contributed by atoms with van der Waals surface area (Å²) in [6.45, 7) is 0.587. The second kappa shape index (κ2) is 4.02. The highest BCUT2D eigenvalue weighted by atomic mass is 16.5. The zero-order valence-corrected chi connectivity index (χ0v) is 8.16. The van der Waals surface area contributed by atoms with Gasteiger partial charge in [-0.25, -0.2) is 0 Å². The number of carbonyl (C=O) groups is 1. The van der Waals surface area contributed by atoms with Crippen molar-refractivity contribution in [2.45, 2.75) is 37.9 Å². The standard InChI is InChI=1S/C11H15NO2/c1-2-3-6-12-11(13)9-7-8-4-5-10(9)14-8/h1,8-10H,3-7H2,(H,12,13). The zero-order chi connectivity index (χ0) is 9.97. The number of carbonyl (C=O) groups excluding carboxylic acids is 1. The van der Waals surface area contributed by atoms with Crippen LogP contribution in [0, 0.1) is 18.3 Å². The number of nitrogens with one attached hydrogen (secondary N) is 1. The molecular weight excluding hydrogens is 178 g/mol. The number of hydrogen-bond acceptors (Lipinski definition) is 2. The van der Waals surface area contributed by atoms with Crippen LogP contribution in [0.1, 0.15) is 25.7 Å². The highest BCUT2D eigenvalue weighted by Gasteiger charge is 2.44. The van der Waals surface area contributed by atoms with Crippen LogP contribution >= 0.6 is 0 Å². The Morgan fingerprint density at radius 2 is 2.43 bits per heavy atom. The maximum Gasteiger partial charge on any atom is 0.225 e. The molecule has 0 spiro atoms. The van der Waals surface area contributed by atoms with Gasteiger partial charge < -0.3 is 10.1 Å². The van der Waals surface area contributed by atoms with Crippen LogP contribution in [0.4, 0.5) is 0 Å². The molecule has 0 aliphatic carbocycles. The average molecular weight is 193 g/mol. The number of fused-ring (bicyclic) bond motifs is 2. The first-order chi connectivity index (χ1) is 6.81. The van der Waals surface area contributed by atoms with Gasteiger partial charge in [-0.1, -0.05) is 0 Å². The van der Waals surface area contributed by atoms with E-state index in [9.17, 15) is 4.79 Å². The third-order valence-electron chi connectivity index (χ3n) is 3.01. The van der Waals surface area contributed by atoms with Crippen molar-refractivity contribution >= 4 is 5.91 Å². The Bertz CT molecular complexity index is 269. The van der Waals surface area contributed by atoms with Gasteiger partial charge in [0.1, 0.15) is 0 Å². The van der Waals surface area contributed by atoms with Crippen molar-refractivity contribution < 1.29 is 9.53 Å². The Kier molecular flexibility index (Phi) is 2.74. The number of rotatable bonds is 3. The molecular formula is C11H15NO2. The highest BCUT2D eigenvalue weighted by molar-refractivity contribution is 5.79. The minimum atomic E-state index is 0.0755. The molecule has 3 atom stereocenters. The van der Waals surface area contributed by atoms with E-state index in [1.54, 1.807) is 0 Å². The molecule has 3 nitrogen and oxygen atoms in total. The van der Waals surface area contributed by atoms with Gasteiger partial charge in [-0.2, -0.15) is 0 Å². The molecule has 2 rings (SSSR count). The number of terminal acetylenes is 1. The Morgan fingerprint density at radius 3 is 3.00 bits per heavy atom. The third-order valence-corrected chi connectivity index (χ3v) is 3.01. The van der Waals surface area contributed by atoms with Crippen molar-refractivity contribution in [1.29, 1.82) is 0 Å². The van der Waals surface area contributed by atoms with Gasteiger partial charge in [0.25, 0.3) is 0 Å². The predicted molar refractivity (Wildman–Crippen MR) is 52.5 cm³/mol. The average Bonchev–Trinajstić information content (AvgIpc) is 2.79. The van der Waals surface area contributed by atoms with Crippen molar-refractivity contribution in [1.82, 2.24) is 5.32 Å². The van der Waals surface area contributed by atoms with Crippen LogP contribution in [0.2, 0.25) is 0 Å². The van der Waals surface area contributed by atoms with Crippen LogP contribution in [0.15, 0.2) is 0 Å². The lowest BCUT2D eigenvalue weighted by molar-refractivity contribution is -0.126. The maximum absolute atomic E-state index is 11.7. The lowest BCUT2D eigenvalue weighted by Crippen LogP contribution is -2.36. The van der Waals surface area contributed by atoms with Crippen LogP contribution in [0.25, 0.3) is 0 Å². The Labute approximate surface area is 84.2 Å². The number of ether oxygens (including phenoxy) is 1. The maximum atomic E-state index is 11.7. The van der Waals surface area contributed by atoms with Gasteiger partial charge in [0.05, 0.1) is 18.1 Å². The molecule has 1 amide bonds. The van der Waals surface area contributed by atoms with Gasteiger partial charge in [0.15, 0.2) is 0 Å². The van der Waals surface area contributed by atoms with E-state index in [0.717, 1.165) is 19.3 Å². The molecule has 1 N–H and O–H groups in total. The molecule has 0 aromatic heterocycles. The molecule has 0 aromatic rings. The lowest BCUT2D eigenvalue weighted by atomic mass is 9.88. The molecule has 76 valence electrons. The second-order valence-corrected chi connectivity index (χ2v) is 3.96. The summed E-state index contributed by atoms with van der Waals surface area (Å²) < 4.78 is 5.61. The molecule has 0 saturated carbocycles. The van der Waals surface area contributed by atoms with E-state index in [0.29, 0.717) is 19.1 Å². The molecule has 0 aromatic carbocycles. The normalized spacial score (nSPS) is 34.1. The van der Waals surface area contributed by atoms with E-state index in [-0.39, 0.29) is 17.9 Å². The molecule has 0 radical (unpaired) electrons. The Balaban J connectivity index is 1.79. The second-order valence-electron chi connectivity index (χ2n) is 3.96. The van der Waals surface area contributed by atoms with Crippen molar-refractivity contribution in [3.63, 3.8) is 0 Å². The fraction of sp³-hybridized carbons (Fsp3) is 0.727. The lowest BCUT2D eigenvalue weighted by Gasteiger charge is -2.17. The first kappa shape index (κ1) is 9.54. The Morgan fingerprint density at radius 1 is 1.57 bits per heavy atom. The summed E-state index contributed by atoms with van der Waals surface area (Å²) in [6.07, 6.45) is 9.27. The van der Waals surface area contributed by atoms with Crippen molar-refractivity contribution in [3.05, 3.63) is 0 Å². The molecule has 14 heavy (non-hydrogen) atoms. The van der Waals surface area contributed by atoms with Crippen molar-refractivity contribution in [2.24, 2.45) is 5.92 Å². The summed E-state index contributed by atoms with van der Waals surface area (Å²) in [5, 5.41) is 2.85. The minimum absolute atomic E-state index is 0.0755. The van der Waals surface area contributed by atoms with Gasteiger partial charge in [0, 0.05) is 13.0 Å². The molecule has 2 saturated heterocycles. The highest BCUT2D eigenvalue weighted by Crippen LogP contribution is 2.38. The first-order valence-electron chi connectivity index (χ1n) is 5.18. The molecule has 2 fully saturated rings. The smallest absolute Gasteiger partial charge is 0.225 e. The summed E-state index contributed by atoms with van der Waals surface area (Å²) in [6, 6.07) is 0. The van der Waals surface area contributed by atoms with E-state index in [2.05, 4.69) is 11.2 Å². The SMILES string of the molecule is C#CCCNC(=O)C1CC2CCC1O2. The molecule has 2 aliphatic heterocycles. The molecule has 3 unspecified atom stereocenters. The third kappa shape index (κ3) is 1.76. The predicted octanol–water partition coefficient (Wildman–Crippen LogP) is 0.693. The summed E-state index contributed by atoms with van der Waals surface area (Å²) in [4.78, 5) is 11.7. The summed E-state index contributed by atoms with van der Waals surface area (Å²) in [5.41, 5.74) is 0. The molecule has 2 bridgehead atoms. The van der Waals surface area contributed by atoms with Gasteiger partial charge in [-0.15, -0.1) is 12.3 Å². The van der Waals surface area contributed by atoms with Gasteiger partial charge >= 0.3 is 0 Å². The van der Waals surface area contributed by atoms with Gasteiger partial charge in [-0.05, 0) is 19.3 Å². The van der Waals surface area contributed by atoms with Crippen molar-refractivity contribution in [3.8, 4) is 12.3 Å². The number of hydrogen-bond donors (Lipinski definition) is 1. The van der Waals surface area contributed by atoms with E-state index >= 15 is 0 Å². The largest absolute Gasteiger partial charge is 0.374 e. The Hall–Kier alpha value is -1.01. The summed E-state index contributed by atoms with van der Waals surface area (Å²) in [7, 11) is 0. The van der Waals surface area contributed by atoms with Crippen LogP contribution < -0.4 is 5.32 Å². The summed E-state index contributed by atoms with van der Waals surface area (Å²) in [5.74, 6) is 2.70. The monoisotopic (exact) mass is 193 g/mol. The van der Waals surface area contributed by atoms with Crippen LogP contribution in [-0.4, -0.2) is 24.7 Å². The summed E-state index contributed by atoms with van der Waals surface area (Å²) >= 11 is 0. The van der Waals surface area contributed by atoms with Crippen LogP contribution in [-0.2, 0) is 9.53 Å². The van der Waals surface area contributed by atoms with E-state index in [4.69, 9.17) is 11.2 Å². The minimum Gasteiger partial charge on any atom is -0.374 e.